The zero-order valence-electron chi connectivity index (χ0n) is 12.0. The summed E-state index contributed by atoms with van der Waals surface area (Å²) in [5.74, 6) is -0.789. The molecule has 0 unspecified atom stereocenters. The summed E-state index contributed by atoms with van der Waals surface area (Å²) < 4.78 is 4.54. The minimum Gasteiger partial charge on any atom is -0.481 e. The largest absolute Gasteiger partial charge is 0.481 e. The maximum atomic E-state index is 10.7. The average Bonchev–Trinajstić information content (AvgIpc) is 2.34. The predicted molar refractivity (Wildman–Crippen MR) is 72.6 cm³/mol. The van der Waals surface area contributed by atoms with Crippen molar-refractivity contribution in [2.24, 2.45) is 0 Å². The summed E-state index contributed by atoms with van der Waals surface area (Å²) in [7, 11) is 1.44. The molecule has 0 bridgehead atoms. The lowest BCUT2D eigenvalue weighted by Crippen LogP contribution is -1.98. The fourth-order valence-electron chi connectivity index (χ4n) is 1.37. The number of unbranched alkanes of at least 4 members (excludes halogenated alkanes) is 5. The lowest BCUT2D eigenvalue weighted by molar-refractivity contribution is -0.140. The van der Waals surface area contributed by atoms with E-state index >= 15 is 0 Å². The lowest BCUT2D eigenvalue weighted by atomic mass is 10.1. The van der Waals surface area contributed by atoms with Crippen LogP contribution in [0.1, 0.15) is 71.6 Å². The molecule has 0 amide bonds. The van der Waals surface area contributed by atoms with Crippen molar-refractivity contribution in [1.29, 1.82) is 0 Å². The van der Waals surface area contributed by atoms with Gasteiger partial charge in [-0.2, -0.15) is 0 Å². The minimum absolute atomic E-state index is 0.0782. The molecule has 0 aromatic rings. The van der Waals surface area contributed by atoms with Crippen LogP contribution >= 0.6 is 0 Å². The van der Waals surface area contributed by atoms with Gasteiger partial charge in [-0.3, -0.25) is 9.59 Å². The molecule has 4 heteroatoms. The average molecular weight is 260 g/mol. The second-order valence-corrected chi connectivity index (χ2v) is 4.24. The lowest BCUT2D eigenvalue weighted by Gasteiger charge is -1.99. The third-order valence-electron chi connectivity index (χ3n) is 2.43. The van der Waals surface area contributed by atoms with Crippen molar-refractivity contribution in [3.8, 4) is 0 Å². The van der Waals surface area contributed by atoms with Crippen LogP contribution in [0.2, 0.25) is 0 Å². The zero-order valence-corrected chi connectivity index (χ0v) is 12.0. The monoisotopic (exact) mass is 260 g/mol. The molecule has 0 atom stereocenters. The summed E-state index contributed by atoms with van der Waals surface area (Å²) in [4.78, 5) is 20.3. The highest BCUT2D eigenvalue weighted by Crippen LogP contribution is 2.06. The van der Waals surface area contributed by atoms with E-state index in [4.69, 9.17) is 5.11 Å². The molecule has 0 spiro atoms. The molecule has 0 aromatic heterocycles. The van der Waals surface area contributed by atoms with Gasteiger partial charge in [0.25, 0.3) is 0 Å². The van der Waals surface area contributed by atoms with E-state index in [1.807, 2.05) is 6.92 Å². The Morgan fingerprint density at radius 2 is 1.44 bits per heavy atom. The Hall–Kier alpha value is -1.06. The van der Waals surface area contributed by atoms with Crippen LogP contribution < -0.4 is 0 Å². The van der Waals surface area contributed by atoms with Gasteiger partial charge in [0, 0.05) is 12.8 Å². The molecule has 0 aromatic carbocycles. The van der Waals surface area contributed by atoms with Gasteiger partial charge in [-0.15, -0.1) is 0 Å². The maximum Gasteiger partial charge on any atom is 0.305 e. The standard InChI is InChI=1S/C10H20O2.C4H8O2/c1-3-4-5-6-7-8-9-10(11)12-2;1-2-3-4(5)6/h3-9H2,1-2H3;2-3H2,1H3,(H,5,6). The molecular weight excluding hydrogens is 232 g/mol. The van der Waals surface area contributed by atoms with E-state index in [-0.39, 0.29) is 5.97 Å². The first-order valence-electron chi connectivity index (χ1n) is 6.87. The van der Waals surface area contributed by atoms with Crippen molar-refractivity contribution in [3.05, 3.63) is 0 Å². The maximum absolute atomic E-state index is 10.7. The van der Waals surface area contributed by atoms with Crippen LogP contribution in [0, 0.1) is 0 Å². The van der Waals surface area contributed by atoms with Crippen LogP contribution in [-0.4, -0.2) is 24.2 Å². The van der Waals surface area contributed by atoms with Crippen molar-refractivity contribution in [3.63, 3.8) is 0 Å². The molecule has 0 rings (SSSR count). The third kappa shape index (κ3) is 20.4. The first kappa shape index (κ1) is 19.3. The molecular formula is C14H28O4. The van der Waals surface area contributed by atoms with Crippen molar-refractivity contribution in [2.45, 2.75) is 71.6 Å². The Balaban J connectivity index is 0. The van der Waals surface area contributed by atoms with Crippen molar-refractivity contribution >= 4 is 11.9 Å². The summed E-state index contributed by atoms with van der Waals surface area (Å²) in [6, 6.07) is 0. The van der Waals surface area contributed by atoms with Gasteiger partial charge >= 0.3 is 11.9 Å². The molecule has 0 aliphatic rings. The summed E-state index contributed by atoms with van der Waals surface area (Å²) in [5, 5.41) is 7.91. The van der Waals surface area contributed by atoms with Crippen LogP contribution in [0.5, 0.6) is 0 Å². The summed E-state index contributed by atoms with van der Waals surface area (Å²) in [5.41, 5.74) is 0. The SMILES string of the molecule is CCCC(=O)O.CCCCCCCCC(=O)OC. The summed E-state index contributed by atoms with van der Waals surface area (Å²) in [6.45, 7) is 4.04. The van der Waals surface area contributed by atoms with Crippen molar-refractivity contribution in [1.82, 2.24) is 0 Å². The van der Waals surface area contributed by atoms with E-state index in [1.165, 1.54) is 32.8 Å². The number of ether oxygens (including phenoxy) is 1. The third-order valence-corrected chi connectivity index (χ3v) is 2.43. The quantitative estimate of drug-likeness (QED) is 0.506. The highest BCUT2D eigenvalue weighted by molar-refractivity contribution is 5.68. The van der Waals surface area contributed by atoms with Gasteiger partial charge in [-0.1, -0.05) is 46.0 Å². The Morgan fingerprint density at radius 3 is 1.83 bits per heavy atom. The first-order valence-corrected chi connectivity index (χ1v) is 6.87. The van der Waals surface area contributed by atoms with Gasteiger partial charge in [0.05, 0.1) is 7.11 Å². The Morgan fingerprint density at radius 1 is 0.889 bits per heavy atom. The van der Waals surface area contributed by atoms with Crippen LogP contribution in [0.25, 0.3) is 0 Å². The second kappa shape index (κ2) is 15.9. The normalized spacial score (nSPS) is 9.28. The Kier molecular flexibility index (Phi) is 17.1. The number of methoxy groups -OCH3 is 1. The number of hydrogen-bond acceptors (Lipinski definition) is 3. The van der Waals surface area contributed by atoms with Crippen LogP contribution in [-0.2, 0) is 14.3 Å². The van der Waals surface area contributed by atoms with E-state index in [0.717, 1.165) is 19.3 Å². The molecule has 0 aliphatic heterocycles. The van der Waals surface area contributed by atoms with E-state index in [1.54, 1.807) is 0 Å². The van der Waals surface area contributed by atoms with E-state index in [2.05, 4.69) is 11.7 Å². The molecule has 0 saturated heterocycles. The Labute approximate surface area is 111 Å². The highest BCUT2D eigenvalue weighted by Gasteiger charge is 1.98. The molecule has 18 heavy (non-hydrogen) atoms. The fraction of sp³-hybridized carbons (Fsp3) is 0.857. The molecule has 0 fully saturated rings. The highest BCUT2D eigenvalue weighted by atomic mass is 16.5. The number of aliphatic carboxylic acids is 1. The number of rotatable bonds is 9. The molecule has 108 valence electrons. The minimum atomic E-state index is -0.711. The van der Waals surface area contributed by atoms with Gasteiger partial charge in [0.15, 0.2) is 0 Å². The smallest absolute Gasteiger partial charge is 0.305 e. The van der Waals surface area contributed by atoms with Gasteiger partial charge in [-0.05, 0) is 12.8 Å². The number of hydrogen-bond donors (Lipinski definition) is 1. The van der Waals surface area contributed by atoms with Gasteiger partial charge in [0.1, 0.15) is 0 Å². The first-order chi connectivity index (χ1) is 8.58. The van der Waals surface area contributed by atoms with Crippen LogP contribution in [0.3, 0.4) is 0 Å². The number of carboxylic acid groups (broad SMARTS) is 1. The fourth-order valence-corrected chi connectivity index (χ4v) is 1.37. The molecule has 0 heterocycles. The van der Waals surface area contributed by atoms with Crippen LogP contribution in [0.4, 0.5) is 0 Å². The number of esters is 1. The van der Waals surface area contributed by atoms with E-state index < -0.39 is 5.97 Å². The van der Waals surface area contributed by atoms with Crippen molar-refractivity contribution < 1.29 is 19.4 Å². The van der Waals surface area contributed by atoms with E-state index in [9.17, 15) is 9.59 Å². The molecule has 0 aliphatic carbocycles. The van der Waals surface area contributed by atoms with Gasteiger partial charge in [0.2, 0.25) is 0 Å². The molecule has 0 saturated carbocycles. The topological polar surface area (TPSA) is 63.6 Å². The second-order valence-electron chi connectivity index (χ2n) is 4.24. The number of carboxylic acids is 1. The summed E-state index contributed by atoms with van der Waals surface area (Å²) in [6.07, 6.45) is 8.90. The van der Waals surface area contributed by atoms with E-state index in [0.29, 0.717) is 12.8 Å². The zero-order chi connectivity index (χ0) is 14.2. The molecule has 4 nitrogen and oxygen atoms in total. The molecule has 0 radical (unpaired) electrons. The number of carbonyl (C=O) groups excluding carboxylic acids is 1. The Bertz CT molecular complexity index is 202. The predicted octanol–water partition coefficient (Wildman–Crippen LogP) is 3.78. The number of carbonyl (C=O) groups is 2. The van der Waals surface area contributed by atoms with Crippen molar-refractivity contribution in [2.75, 3.05) is 7.11 Å². The van der Waals surface area contributed by atoms with Gasteiger partial charge in [-0.25, -0.2) is 0 Å². The van der Waals surface area contributed by atoms with Gasteiger partial charge < -0.3 is 9.84 Å². The molecule has 1 N–H and O–H groups in total. The summed E-state index contributed by atoms with van der Waals surface area (Å²) >= 11 is 0. The van der Waals surface area contributed by atoms with Crippen LogP contribution in [0.15, 0.2) is 0 Å².